The lowest BCUT2D eigenvalue weighted by atomic mass is 10.1. The van der Waals surface area contributed by atoms with Crippen LogP contribution in [0.15, 0.2) is 72.8 Å². The summed E-state index contributed by atoms with van der Waals surface area (Å²) < 4.78 is 33.6. The van der Waals surface area contributed by atoms with Gasteiger partial charge in [0.1, 0.15) is 24.0 Å². The first kappa shape index (κ1) is 28.1. The lowest BCUT2D eigenvalue weighted by molar-refractivity contribution is 0.180. The molecule has 0 saturated carbocycles. The molecule has 0 heterocycles. The van der Waals surface area contributed by atoms with E-state index >= 15 is 0 Å². The largest absolute Gasteiger partial charge is 0.489 e. The van der Waals surface area contributed by atoms with Gasteiger partial charge in [-0.25, -0.2) is 13.6 Å². The van der Waals surface area contributed by atoms with Crippen molar-refractivity contribution >= 4 is 11.7 Å². The second-order valence-corrected chi connectivity index (χ2v) is 9.12. The van der Waals surface area contributed by atoms with Gasteiger partial charge in [-0.05, 0) is 74.8 Å². The van der Waals surface area contributed by atoms with Gasteiger partial charge >= 0.3 is 6.03 Å². The molecule has 1 N–H and O–H groups in total. The van der Waals surface area contributed by atoms with Crippen LogP contribution < -0.4 is 10.1 Å². The third-order valence-electron chi connectivity index (χ3n) is 6.46. The number of halogens is 2. The summed E-state index contributed by atoms with van der Waals surface area (Å²) in [6, 6.07) is 20.2. The first-order chi connectivity index (χ1) is 17.9. The molecule has 0 fully saturated rings. The Hall–Kier alpha value is -3.45. The Bertz CT molecular complexity index is 1120. The van der Waals surface area contributed by atoms with E-state index in [0.717, 1.165) is 55.7 Å². The maximum absolute atomic E-state index is 14.3. The van der Waals surface area contributed by atoms with E-state index in [9.17, 15) is 13.6 Å². The number of ether oxygens (including phenoxy) is 1. The minimum absolute atomic E-state index is 0.0494. The second-order valence-electron chi connectivity index (χ2n) is 9.12. The van der Waals surface area contributed by atoms with Gasteiger partial charge < -0.3 is 19.9 Å². The highest BCUT2D eigenvalue weighted by atomic mass is 19.1. The molecule has 5 nitrogen and oxygen atoms in total. The molecular weight excluding hydrogens is 472 g/mol. The molecule has 7 heteroatoms. The Morgan fingerprint density at radius 2 is 1.68 bits per heavy atom. The van der Waals surface area contributed by atoms with Gasteiger partial charge in [0.05, 0.1) is 5.69 Å². The number of carbonyl (C=O) groups excluding carboxylic acids is 1. The van der Waals surface area contributed by atoms with Crippen LogP contribution in [-0.4, -0.2) is 41.5 Å². The van der Waals surface area contributed by atoms with Crippen molar-refractivity contribution in [1.82, 2.24) is 9.80 Å². The standard InChI is InChI=1S/C30H37F2N3O2/c1-4-34(5-2)18-10-11-23(3)35(30(36)33-29-17-16-26(31)20-28(29)32)21-25-14-9-15-27(19-25)37-22-24-12-7-6-8-13-24/h6-9,12-17,19-20,23H,4-5,10-11,18,21-22H2,1-3H3,(H,33,36). The molecule has 0 spiro atoms. The van der Waals surface area contributed by atoms with E-state index in [-0.39, 0.29) is 11.7 Å². The summed E-state index contributed by atoms with van der Waals surface area (Å²) in [6.07, 6.45) is 1.72. The summed E-state index contributed by atoms with van der Waals surface area (Å²) in [6.45, 7) is 9.95. The molecule has 0 aliphatic heterocycles. The number of carbonyl (C=O) groups is 1. The molecule has 0 bridgehead atoms. The zero-order chi connectivity index (χ0) is 26.6. The molecule has 198 valence electrons. The van der Waals surface area contributed by atoms with Crippen LogP contribution in [0.2, 0.25) is 0 Å². The molecule has 1 unspecified atom stereocenters. The zero-order valence-electron chi connectivity index (χ0n) is 21.9. The minimum Gasteiger partial charge on any atom is -0.489 e. The fourth-order valence-corrected chi connectivity index (χ4v) is 4.18. The first-order valence-electron chi connectivity index (χ1n) is 12.9. The van der Waals surface area contributed by atoms with Gasteiger partial charge in [0.2, 0.25) is 0 Å². The summed E-state index contributed by atoms with van der Waals surface area (Å²) in [5.41, 5.74) is 1.92. The van der Waals surface area contributed by atoms with E-state index in [2.05, 4.69) is 24.1 Å². The maximum atomic E-state index is 14.3. The van der Waals surface area contributed by atoms with Crippen molar-refractivity contribution in [1.29, 1.82) is 0 Å². The number of urea groups is 1. The number of hydrogen-bond donors (Lipinski definition) is 1. The van der Waals surface area contributed by atoms with Crippen LogP contribution >= 0.6 is 0 Å². The van der Waals surface area contributed by atoms with Crippen molar-refractivity contribution in [3.63, 3.8) is 0 Å². The van der Waals surface area contributed by atoms with Crippen molar-refractivity contribution in [3.8, 4) is 5.75 Å². The van der Waals surface area contributed by atoms with Gasteiger partial charge in [0, 0.05) is 18.7 Å². The van der Waals surface area contributed by atoms with E-state index in [1.807, 2.05) is 61.5 Å². The molecule has 1 atom stereocenters. The molecule has 37 heavy (non-hydrogen) atoms. The van der Waals surface area contributed by atoms with Gasteiger partial charge in [-0.2, -0.15) is 0 Å². The molecule has 0 saturated heterocycles. The van der Waals surface area contributed by atoms with Gasteiger partial charge in [0.15, 0.2) is 0 Å². The second kappa shape index (κ2) is 14.3. The molecular formula is C30H37F2N3O2. The number of rotatable bonds is 13. The fourth-order valence-electron chi connectivity index (χ4n) is 4.18. The van der Waals surface area contributed by atoms with E-state index in [0.29, 0.717) is 18.9 Å². The number of hydrogen-bond acceptors (Lipinski definition) is 3. The van der Waals surface area contributed by atoms with Gasteiger partial charge in [-0.3, -0.25) is 0 Å². The Morgan fingerprint density at radius 1 is 0.946 bits per heavy atom. The van der Waals surface area contributed by atoms with Crippen molar-refractivity contribution in [2.75, 3.05) is 25.0 Å². The Morgan fingerprint density at radius 3 is 2.38 bits per heavy atom. The number of amides is 2. The Labute approximate surface area is 219 Å². The van der Waals surface area contributed by atoms with Crippen LogP contribution in [0.25, 0.3) is 0 Å². The number of nitrogens with one attached hydrogen (secondary N) is 1. The molecule has 3 aromatic rings. The van der Waals surface area contributed by atoms with Crippen LogP contribution in [0, 0.1) is 11.6 Å². The molecule has 0 aliphatic rings. The predicted octanol–water partition coefficient (Wildman–Crippen LogP) is 7.09. The first-order valence-corrected chi connectivity index (χ1v) is 12.9. The maximum Gasteiger partial charge on any atom is 0.322 e. The summed E-state index contributed by atoms with van der Waals surface area (Å²) >= 11 is 0. The van der Waals surface area contributed by atoms with Crippen molar-refractivity contribution in [2.24, 2.45) is 0 Å². The summed E-state index contributed by atoms with van der Waals surface area (Å²) in [4.78, 5) is 17.4. The van der Waals surface area contributed by atoms with Gasteiger partial charge in [-0.1, -0.05) is 56.3 Å². The SMILES string of the molecule is CCN(CC)CCCC(C)N(Cc1cccc(OCc2ccccc2)c1)C(=O)Nc1ccc(F)cc1F. The normalized spacial score (nSPS) is 11.8. The highest BCUT2D eigenvalue weighted by Crippen LogP contribution is 2.21. The quantitative estimate of drug-likeness (QED) is 0.268. The number of benzene rings is 3. The molecule has 3 rings (SSSR count). The number of anilines is 1. The van der Waals surface area contributed by atoms with Crippen LogP contribution in [-0.2, 0) is 13.2 Å². The van der Waals surface area contributed by atoms with Crippen LogP contribution in [0.5, 0.6) is 5.75 Å². The predicted molar refractivity (Wildman–Crippen MR) is 145 cm³/mol. The van der Waals surface area contributed by atoms with E-state index in [4.69, 9.17) is 4.74 Å². The lowest BCUT2D eigenvalue weighted by Crippen LogP contribution is -2.41. The smallest absolute Gasteiger partial charge is 0.322 e. The average molecular weight is 510 g/mol. The Kier molecular flexibility index (Phi) is 10.9. The van der Waals surface area contributed by atoms with E-state index in [1.54, 1.807) is 4.90 Å². The monoisotopic (exact) mass is 509 g/mol. The van der Waals surface area contributed by atoms with Crippen molar-refractivity contribution in [2.45, 2.75) is 52.8 Å². The summed E-state index contributed by atoms with van der Waals surface area (Å²) in [7, 11) is 0. The van der Waals surface area contributed by atoms with Crippen molar-refractivity contribution in [3.05, 3.63) is 95.6 Å². The van der Waals surface area contributed by atoms with E-state index in [1.165, 1.54) is 6.07 Å². The summed E-state index contributed by atoms with van der Waals surface area (Å²) in [5, 5.41) is 2.63. The van der Waals surface area contributed by atoms with Gasteiger partial charge in [0.25, 0.3) is 0 Å². The minimum atomic E-state index is -0.807. The molecule has 0 aromatic heterocycles. The molecule has 3 aromatic carbocycles. The lowest BCUT2D eigenvalue weighted by Gasteiger charge is -2.30. The molecule has 2 amide bonds. The van der Waals surface area contributed by atoms with Gasteiger partial charge in [-0.15, -0.1) is 0 Å². The van der Waals surface area contributed by atoms with Crippen LogP contribution in [0.3, 0.4) is 0 Å². The third kappa shape index (κ3) is 8.86. The van der Waals surface area contributed by atoms with Crippen LogP contribution in [0.1, 0.15) is 44.7 Å². The fraction of sp³-hybridized carbons (Fsp3) is 0.367. The highest BCUT2D eigenvalue weighted by Gasteiger charge is 2.22. The van der Waals surface area contributed by atoms with Crippen LogP contribution in [0.4, 0.5) is 19.3 Å². The highest BCUT2D eigenvalue weighted by molar-refractivity contribution is 5.89. The van der Waals surface area contributed by atoms with Crippen molar-refractivity contribution < 1.29 is 18.3 Å². The topological polar surface area (TPSA) is 44.8 Å². The third-order valence-corrected chi connectivity index (χ3v) is 6.46. The average Bonchev–Trinajstić information content (AvgIpc) is 2.91. The number of nitrogens with zero attached hydrogens (tertiary/aromatic N) is 2. The molecule has 0 aliphatic carbocycles. The summed E-state index contributed by atoms with van der Waals surface area (Å²) in [5.74, 6) is -0.788. The Balaban J connectivity index is 1.72. The molecule has 0 radical (unpaired) electrons. The van der Waals surface area contributed by atoms with E-state index < -0.39 is 17.7 Å². The zero-order valence-corrected chi connectivity index (χ0v) is 21.9.